The Morgan fingerprint density at radius 1 is 1.20 bits per heavy atom. The molecule has 0 aromatic heterocycles. The molecule has 0 atom stereocenters. The number of nitrogens with zero attached hydrogens (tertiary/aromatic N) is 1. The molecule has 0 amide bonds. The Labute approximate surface area is 117 Å². The van der Waals surface area contributed by atoms with Crippen LogP contribution < -0.4 is 0 Å². The molecule has 2 aromatic rings. The van der Waals surface area contributed by atoms with Gasteiger partial charge in [-0.05, 0) is 31.0 Å². The van der Waals surface area contributed by atoms with Crippen molar-refractivity contribution in [3.05, 3.63) is 70.5 Å². The van der Waals surface area contributed by atoms with Crippen LogP contribution in [0.4, 0.5) is 4.39 Å². The Bertz CT molecular complexity index is 668. The maximum atomic E-state index is 13.4. The normalized spacial score (nSPS) is 10.1. The molecule has 2 aromatic carbocycles. The number of nitriles is 1. The van der Waals surface area contributed by atoms with Gasteiger partial charge in [0.15, 0.2) is 5.78 Å². The van der Waals surface area contributed by atoms with Gasteiger partial charge < -0.3 is 0 Å². The second-order valence-electron chi connectivity index (χ2n) is 4.72. The summed E-state index contributed by atoms with van der Waals surface area (Å²) < 4.78 is 13.4. The number of ketones is 1. The molecule has 2 rings (SSSR count). The van der Waals surface area contributed by atoms with Crippen LogP contribution in [0.15, 0.2) is 42.5 Å². The predicted molar refractivity (Wildman–Crippen MR) is 74.9 cm³/mol. The van der Waals surface area contributed by atoms with Crippen molar-refractivity contribution in [2.24, 2.45) is 0 Å². The molecule has 0 fully saturated rings. The van der Waals surface area contributed by atoms with Crippen LogP contribution in [0.2, 0.25) is 0 Å². The Morgan fingerprint density at radius 3 is 2.50 bits per heavy atom. The van der Waals surface area contributed by atoms with Gasteiger partial charge in [0.25, 0.3) is 0 Å². The van der Waals surface area contributed by atoms with E-state index < -0.39 is 5.82 Å². The molecule has 0 N–H and O–H groups in total. The van der Waals surface area contributed by atoms with Crippen LogP contribution in [0.3, 0.4) is 0 Å². The third-order valence-corrected chi connectivity index (χ3v) is 3.17. The van der Waals surface area contributed by atoms with E-state index in [0.717, 1.165) is 11.1 Å². The molecule has 0 aliphatic rings. The van der Waals surface area contributed by atoms with Gasteiger partial charge in [-0.25, -0.2) is 4.39 Å². The van der Waals surface area contributed by atoms with Crippen LogP contribution in [0, 0.1) is 24.1 Å². The largest absolute Gasteiger partial charge is 0.294 e. The molecule has 100 valence electrons. The number of hydrogen-bond acceptors (Lipinski definition) is 2. The van der Waals surface area contributed by atoms with E-state index in [9.17, 15) is 9.18 Å². The van der Waals surface area contributed by atoms with Crippen molar-refractivity contribution in [2.45, 2.75) is 19.8 Å². The first kappa shape index (κ1) is 14.0. The van der Waals surface area contributed by atoms with E-state index in [1.54, 1.807) is 24.3 Å². The van der Waals surface area contributed by atoms with Gasteiger partial charge >= 0.3 is 0 Å². The van der Waals surface area contributed by atoms with Gasteiger partial charge in [-0.3, -0.25) is 4.79 Å². The van der Waals surface area contributed by atoms with E-state index in [0.29, 0.717) is 18.4 Å². The van der Waals surface area contributed by atoms with Crippen LogP contribution >= 0.6 is 0 Å². The standard InChI is InChI=1S/C17H14FNO/c1-12-2-6-14(7-3-12)17(20)9-5-13-4-8-15(11-19)16(18)10-13/h2-4,6-8,10H,5,9H2,1H3. The summed E-state index contributed by atoms with van der Waals surface area (Å²) in [7, 11) is 0. The van der Waals surface area contributed by atoms with Gasteiger partial charge in [-0.15, -0.1) is 0 Å². The third-order valence-electron chi connectivity index (χ3n) is 3.17. The quantitative estimate of drug-likeness (QED) is 0.790. The van der Waals surface area contributed by atoms with Crippen LogP contribution in [-0.2, 0) is 6.42 Å². The van der Waals surface area contributed by atoms with E-state index >= 15 is 0 Å². The fraction of sp³-hybridized carbons (Fsp3) is 0.176. The van der Waals surface area contributed by atoms with Crippen molar-refractivity contribution in [3.8, 4) is 6.07 Å². The van der Waals surface area contributed by atoms with E-state index in [1.807, 2.05) is 19.1 Å². The Morgan fingerprint density at radius 2 is 1.90 bits per heavy atom. The number of benzene rings is 2. The molecule has 0 saturated heterocycles. The summed E-state index contributed by atoms with van der Waals surface area (Å²) in [5.41, 5.74) is 2.53. The third kappa shape index (κ3) is 3.30. The van der Waals surface area contributed by atoms with Crippen molar-refractivity contribution >= 4 is 5.78 Å². The molecule has 0 aliphatic heterocycles. The van der Waals surface area contributed by atoms with Gasteiger partial charge in [-0.2, -0.15) is 5.26 Å². The lowest BCUT2D eigenvalue weighted by Gasteiger charge is -2.03. The molecule has 0 bridgehead atoms. The van der Waals surface area contributed by atoms with Crippen molar-refractivity contribution in [2.75, 3.05) is 0 Å². The summed E-state index contributed by atoms with van der Waals surface area (Å²) in [4.78, 5) is 12.0. The minimum absolute atomic E-state index is 0.0265. The lowest BCUT2D eigenvalue weighted by Crippen LogP contribution is -2.01. The molecule has 0 saturated carbocycles. The molecule has 20 heavy (non-hydrogen) atoms. The number of rotatable bonds is 4. The highest BCUT2D eigenvalue weighted by Crippen LogP contribution is 2.13. The first-order chi connectivity index (χ1) is 9.60. The first-order valence-corrected chi connectivity index (χ1v) is 6.38. The highest BCUT2D eigenvalue weighted by atomic mass is 19.1. The average Bonchev–Trinajstić information content (AvgIpc) is 2.45. The highest BCUT2D eigenvalue weighted by Gasteiger charge is 2.07. The minimum atomic E-state index is -0.534. The number of carbonyl (C=O) groups is 1. The van der Waals surface area contributed by atoms with Crippen LogP contribution in [0.5, 0.6) is 0 Å². The van der Waals surface area contributed by atoms with Gasteiger partial charge in [0.1, 0.15) is 11.9 Å². The van der Waals surface area contributed by atoms with Gasteiger partial charge in [0.05, 0.1) is 5.56 Å². The van der Waals surface area contributed by atoms with Crippen molar-refractivity contribution < 1.29 is 9.18 Å². The monoisotopic (exact) mass is 267 g/mol. The van der Waals surface area contributed by atoms with Crippen LogP contribution in [0.1, 0.15) is 33.5 Å². The average molecular weight is 267 g/mol. The summed E-state index contributed by atoms with van der Waals surface area (Å²) in [6, 6.07) is 13.6. The van der Waals surface area contributed by atoms with Gasteiger partial charge in [0.2, 0.25) is 0 Å². The van der Waals surface area contributed by atoms with E-state index in [1.165, 1.54) is 12.1 Å². The van der Waals surface area contributed by atoms with Crippen LogP contribution in [-0.4, -0.2) is 5.78 Å². The van der Waals surface area contributed by atoms with Crippen LogP contribution in [0.25, 0.3) is 0 Å². The summed E-state index contributed by atoms with van der Waals surface area (Å²) in [5, 5.41) is 8.65. The number of Topliss-reactive ketones (excluding diaryl/α,β-unsaturated/α-hetero) is 1. The topological polar surface area (TPSA) is 40.9 Å². The Kier molecular flexibility index (Phi) is 4.27. The molecule has 0 radical (unpaired) electrons. The number of carbonyl (C=O) groups excluding carboxylic acids is 1. The molecular formula is C17H14FNO. The van der Waals surface area contributed by atoms with Gasteiger partial charge in [0, 0.05) is 12.0 Å². The smallest absolute Gasteiger partial charge is 0.163 e. The Hall–Kier alpha value is -2.47. The predicted octanol–water partition coefficient (Wildman–Crippen LogP) is 3.82. The zero-order valence-electron chi connectivity index (χ0n) is 11.2. The van der Waals surface area contributed by atoms with E-state index in [4.69, 9.17) is 5.26 Å². The second-order valence-corrected chi connectivity index (χ2v) is 4.72. The zero-order chi connectivity index (χ0) is 14.5. The molecule has 0 heterocycles. The van der Waals surface area contributed by atoms with Gasteiger partial charge in [-0.1, -0.05) is 35.9 Å². The fourth-order valence-electron chi connectivity index (χ4n) is 1.95. The molecule has 3 heteroatoms. The highest BCUT2D eigenvalue weighted by molar-refractivity contribution is 5.96. The van der Waals surface area contributed by atoms with Crippen molar-refractivity contribution in [1.82, 2.24) is 0 Å². The van der Waals surface area contributed by atoms with E-state index in [-0.39, 0.29) is 11.3 Å². The summed E-state index contributed by atoms with van der Waals surface area (Å²) >= 11 is 0. The molecular weight excluding hydrogens is 253 g/mol. The zero-order valence-corrected chi connectivity index (χ0v) is 11.2. The molecule has 0 aliphatic carbocycles. The number of hydrogen-bond donors (Lipinski definition) is 0. The summed E-state index contributed by atoms with van der Waals surface area (Å²) in [6.07, 6.45) is 0.795. The number of aryl methyl sites for hydroxylation is 2. The minimum Gasteiger partial charge on any atom is -0.294 e. The summed E-state index contributed by atoms with van der Waals surface area (Å²) in [5.74, 6) is -0.498. The Balaban J connectivity index is 2.02. The molecule has 0 unspecified atom stereocenters. The SMILES string of the molecule is Cc1ccc(C(=O)CCc2ccc(C#N)c(F)c2)cc1. The lowest BCUT2D eigenvalue weighted by molar-refractivity contribution is 0.0983. The van der Waals surface area contributed by atoms with Crippen molar-refractivity contribution in [3.63, 3.8) is 0 Å². The maximum absolute atomic E-state index is 13.4. The number of halogens is 1. The van der Waals surface area contributed by atoms with Crippen molar-refractivity contribution in [1.29, 1.82) is 5.26 Å². The maximum Gasteiger partial charge on any atom is 0.163 e. The fourth-order valence-corrected chi connectivity index (χ4v) is 1.95. The summed E-state index contributed by atoms with van der Waals surface area (Å²) in [6.45, 7) is 1.97. The van der Waals surface area contributed by atoms with E-state index in [2.05, 4.69) is 0 Å². The second kappa shape index (κ2) is 6.12. The molecule has 2 nitrogen and oxygen atoms in total. The lowest BCUT2D eigenvalue weighted by atomic mass is 10.0. The first-order valence-electron chi connectivity index (χ1n) is 6.38. The molecule has 0 spiro atoms.